The lowest BCUT2D eigenvalue weighted by Gasteiger charge is -2.32. The van der Waals surface area contributed by atoms with Gasteiger partial charge in [-0.1, -0.05) is 6.92 Å². The lowest BCUT2D eigenvalue weighted by Crippen LogP contribution is -2.20. The maximum absolute atomic E-state index is 12.7. The molecule has 1 fully saturated rings. The molecule has 0 spiro atoms. The first-order valence-electron chi connectivity index (χ1n) is 5.99. The van der Waals surface area contributed by atoms with Crippen LogP contribution in [0.1, 0.15) is 36.9 Å². The third-order valence-electron chi connectivity index (χ3n) is 3.65. The van der Waals surface area contributed by atoms with Gasteiger partial charge < -0.3 is 4.40 Å². The maximum atomic E-state index is 12.7. The molecule has 0 aromatic carbocycles. The lowest BCUT2D eigenvalue weighted by atomic mass is 9.74. The van der Waals surface area contributed by atoms with Gasteiger partial charge in [0.15, 0.2) is 0 Å². The van der Waals surface area contributed by atoms with E-state index in [9.17, 15) is 13.2 Å². The van der Waals surface area contributed by atoms with E-state index in [2.05, 4.69) is 11.9 Å². The summed E-state index contributed by atoms with van der Waals surface area (Å²) in [5.74, 6) is 1.00. The van der Waals surface area contributed by atoms with E-state index >= 15 is 0 Å². The molecule has 2 aromatic heterocycles. The highest BCUT2D eigenvalue weighted by Crippen LogP contribution is 2.41. The van der Waals surface area contributed by atoms with Gasteiger partial charge in [-0.05, 0) is 30.9 Å². The summed E-state index contributed by atoms with van der Waals surface area (Å²) < 4.78 is 39.6. The summed E-state index contributed by atoms with van der Waals surface area (Å²) >= 11 is 0. The molecule has 2 nitrogen and oxygen atoms in total. The summed E-state index contributed by atoms with van der Waals surface area (Å²) in [5, 5.41) is 0. The van der Waals surface area contributed by atoms with Gasteiger partial charge in [-0.3, -0.25) is 0 Å². The molecule has 0 saturated heterocycles. The van der Waals surface area contributed by atoms with E-state index in [0.29, 0.717) is 17.5 Å². The van der Waals surface area contributed by atoms with Crippen molar-refractivity contribution in [3.05, 3.63) is 35.8 Å². The van der Waals surface area contributed by atoms with Gasteiger partial charge in [0.05, 0.1) is 5.56 Å². The normalized spacial score (nSPS) is 24.2. The van der Waals surface area contributed by atoms with Crippen LogP contribution in [0.5, 0.6) is 0 Å². The summed E-state index contributed by atoms with van der Waals surface area (Å²) in [6.45, 7) is 2.15. The number of rotatable bonds is 1. The van der Waals surface area contributed by atoms with Crippen LogP contribution in [0.2, 0.25) is 0 Å². The molecule has 18 heavy (non-hydrogen) atoms. The minimum Gasteiger partial charge on any atom is -0.303 e. The van der Waals surface area contributed by atoms with Crippen molar-refractivity contribution in [2.75, 3.05) is 0 Å². The number of alkyl halides is 3. The van der Waals surface area contributed by atoms with Gasteiger partial charge in [0.1, 0.15) is 5.65 Å². The molecule has 0 aliphatic heterocycles. The van der Waals surface area contributed by atoms with Crippen molar-refractivity contribution >= 4 is 5.65 Å². The molecular formula is C13H13F3N2. The Kier molecular flexibility index (Phi) is 2.40. The Morgan fingerprint density at radius 1 is 1.28 bits per heavy atom. The molecule has 5 heteroatoms. The van der Waals surface area contributed by atoms with Gasteiger partial charge in [0, 0.05) is 24.0 Å². The number of imidazole rings is 1. The maximum Gasteiger partial charge on any atom is 0.417 e. The molecule has 96 valence electrons. The standard InChI is InChI=1S/C13H13F3N2/c1-8-4-9(5-8)11-6-17-12-3-2-10(7-18(11)12)13(14,15)16/h2-3,6-9H,4-5H2,1H3. The molecule has 0 amide bonds. The van der Waals surface area contributed by atoms with Crippen molar-refractivity contribution in [1.82, 2.24) is 9.38 Å². The van der Waals surface area contributed by atoms with Crippen LogP contribution in [0.25, 0.3) is 5.65 Å². The van der Waals surface area contributed by atoms with Gasteiger partial charge in [-0.15, -0.1) is 0 Å². The van der Waals surface area contributed by atoms with Crippen LogP contribution in [0.3, 0.4) is 0 Å². The fraction of sp³-hybridized carbons (Fsp3) is 0.462. The molecule has 1 aliphatic rings. The number of hydrogen-bond donors (Lipinski definition) is 0. The Hall–Kier alpha value is -1.52. The predicted octanol–water partition coefficient (Wildman–Crippen LogP) is 3.87. The highest BCUT2D eigenvalue weighted by molar-refractivity contribution is 5.43. The summed E-state index contributed by atoms with van der Waals surface area (Å²) in [6, 6.07) is 2.50. The van der Waals surface area contributed by atoms with Crippen molar-refractivity contribution in [3.8, 4) is 0 Å². The Bertz CT molecular complexity index is 579. The number of aromatic nitrogens is 2. The van der Waals surface area contributed by atoms with E-state index in [1.807, 2.05) is 0 Å². The molecule has 0 radical (unpaired) electrons. The van der Waals surface area contributed by atoms with E-state index in [-0.39, 0.29) is 0 Å². The van der Waals surface area contributed by atoms with Gasteiger partial charge >= 0.3 is 6.18 Å². The van der Waals surface area contributed by atoms with Crippen LogP contribution in [-0.4, -0.2) is 9.38 Å². The zero-order valence-corrected chi connectivity index (χ0v) is 9.91. The molecule has 1 aliphatic carbocycles. The monoisotopic (exact) mass is 254 g/mol. The molecule has 0 atom stereocenters. The molecule has 0 bridgehead atoms. The zero-order valence-electron chi connectivity index (χ0n) is 9.91. The first-order chi connectivity index (χ1) is 8.45. The summed E-state index contributed by atoms with van der Waals surface area (Å²) in [7, 11) is 0. The average Bonchev–Trinajstić information content (AvgIpc) is 2.66. The second kappa shape index (κ2) is 3.73. The fourth-order valence-corrected chi connectivity index (χ4v) is 2.61. The van der Waals surface area contributed by atoms with Crippen LogP contribution in [0.15, 0.2) is 24.5 Å². The van der Waals surface area contributed by atoms with Crippen molar-refractivity contribution in [1.29, 1.82) is 0 Å². The van der Waals surface area contributed by atoms with Crippen LogP contribution >= 0.6 is 0 Å². The van der Waals surface area contributed by atoms with Crippen molar-refractivity contribution in [2.24, 2.45) is 5.92 Å². The molecule has 2 heterocycles. The van der Waals surface area contributed by atoms with E-state index in [1.54, 1.807) is 10.6 Å². The number of pyridine rings is 1. The van der Waals surface area contributed by atoms with E-state index in [0.717, 1.165) is 30.8 Å². The van der Waals surface area contributed by atoms with Crippen molar-refractivity contribution < 1.29 is 13.2 Å². The van der Waals surface area contributed by atoms with E-state index < -0.39 is 11.7 Å². The van der Waals surface area contributed by atoms with Gasteiger partial charge in [-0.25, -0.2) is 4.98 Å². The third-order valence-corrected chi connectivity index (χ3v) is 3.65. The highest BCUT2D eigenvalue weighted by atomic mass is 19.4. The smallest absolute Gasteiger partial charge is 0.303 e. The first-order valence-corrected chi connectivity index (χ1v) is 5.99. The Morgan fingerprint density at radius 2 is 2.00 bits per heavy atom. The van der Waals surface area contributed by atoms with Crippen LogP contribution < -0.4 is 0 Å². The van der Waals surface area contributed by atoms with Crippen molar-refractivity contribution in [3.63, 3.8) is 0 Å². The minimum atomic E-state index is -4.30. The Balaban J connectivity index is 2.05. The summed E-state index contributed by atoms with van der Waals surface area (Å²) in [5.41, 5.74) is 0.855. The molecular weight excluding hydrogens is 241 g/mol. The van der Waals surface area contributed by atoms with Gasteiger partial charge in [0.25, 0.3) is 0 Å². The number of hydrogen-bond acceptors (Lipinski definition) is 1. The first kappa shape index (κ1) is 11.6. The molecule has 1 saturated carbocycles. The molecule has 2 aromatic rings. The van der Waals surface area contributed by atoms with E-state index in [4.69, 9.17) is 0 Å². The second-order valence-corrected chi connectivity index (χ2v) is 5.10. The topological polar surface area (TPSA) is 17.3 Å². The number of halogens is 3. The van der Waals surface area contributed by atoms with Crippen LogP contribution in [0.4, 0.5) is 13.2 Å². The largest absolute Gasteiger partial charge is 0.417 e. The van der Waals surface area contributed by atoms with Gasteiger partial charge in [-0.2, -0.15) is 13.2 Å². The van der Waals surface area contributed by atoms with Crippen LogP contribution in [-0.2, 0) is 6.18 Å². The van der Waals surface area contributed by atoms with E-state index in [1.165, 1.54) is 6.07 Å². The lowest BCUT2D eigenvalue weighted by molar-refractivity contribution is -0.137. The van der Waals surface area contributed by atoms with Gasteiger partial charge in [0.2, 0.25) is 0 Å². The van der Waals surface area contributed by atoms with Crippen LogP contribution in [0, 0.1) is 5.92 Å². The predicted molar refractivity (Wildman–Crippen MR) is 61.3 cm³/mol. The summed E-state index contributed by atoms with van der Waals surface area (Å²) in [6.07, 6.45) is 0.614. The minimum absolute atomic E-state index is 0.346. The number of nitrogens with zero attached hydrogens (tertiary/aromatic N) is 2. The molecule has 0 N–H and O–H groups in total. The number of fused-ring (bicyclic) bond motifs is 1. The second-order valence-electron chi connectivity index (χ2n) is 5.10. The average molecular weight is 254 g/mol. The SMILES string of the molecule is CC1CC(c2cnc3ccc(C(F)(F)F)cn23)C1. The summed E-state index contributed by atoms with van der Waals surface area (Å²) in [4.78, 5) is 4.17. The fourth-order valence-electron chi connectivity index (χ4n) is 2.61. The quantitative estimate of drug-likeness (QED) is 0.755. The molecule has 3 rings (SSSR count). The zero-order chi connectivity index (χ0) is 12.9. The molecule has 0 unspecified atom stereocenters. The highest BCUT2D eigenvalue weighted by Gasteiger charge is 2.33. The Labute approximate surface area is 102 Å². The third kappa shape index (κ3) is 1.78. The van der Waals surface area contributed by atoms with Crippen molar-refractivity contribution in [2.45, 2.75) is 31.9 Å². The Morgan fingerprint density at radius 3 is 2.61 bits per heavy atom.